The topological polar surface area (TPSA) is 50.5 Å². The van der Waals surface area contributed by atoms with Crippen LogP contribution in [0.5, 0.6) is 0 Å². The van der Waals surface area contributed by atoms with Gasteiger partial charge in [0.05, 0.1) is 11.0 Å². The Morgan fingerprint density at radius 2 is 1.61 bits per heavy atom. The van der Waals surface area contributed by atoms with Crippen LogP contribution in [0.25, 0.3) is 11.0 Å². The molecule has 0 aliphatic carbocycles. The van der Waals surface area contributed by atoms with E-state index in [1.54, 1.807) is 23.7 Å². The van der Waals surface area contributed by atoms with Crippen molar-refractivity contribution >= 4 is 22.5 Å². The fourth-order valence-electron chi connectivity index (χ4n) is 4.33. The highest BCUT2D eigenvalue weighted by molar-refractivity contribution is 5.97. The molecule has 31 heavy (non-hydrogen) atoms. The molecule has 1 aliphatic rings. The highest BCUT2D eigenvalue weighted by Gasteiger charge is 2.17. The molecular formula is C24H29FN4O2. The first-order chi connectivity index (χ1) is 14.9. The Morgan fingerprint density at radius 3 is 2.29 bits per heavy atom. The molecular weight excluding hydrogens is 395 g/mol. The van der Waals surface area contributed by atoms with E-state index in [4.69, 9.17) is 0 Å². The first-order valence-corrected chi connectivity index (χ1v) is 10.9. The van der Waals surface area contributed by atoms with Crippen LogP contribution in [0.15, 0.2) is 47.3 Å². The van der Waals surface area contributed by atoms with Crippen LogP contribution < -0.4 is 10.6 Å². The van der Waals surface area contributed by atoms with Crippen LogP contribution in [0.2, 0.25) is 0 Å². The van der Waals surface area contributed by atoms with Crippen molar-refractivity contribution in [3.8, 4) is 0 Å². The minimum Gasteiger partial charge on any atom is -0.369 e. The summed E-state index contributed by atoms with van der Waals surface area (Å²) in [6, 6.07) is 12.2. The molecule has 0 radical (unpaired) electrons. The molecule has 0 bridgehead atoms. The lowest BCUT2D eigenvalue weighted by Gasteiger charge is -2.36. The number of carbonyl (C=O) groups is 1. The highest BCUT2D eigenvalue weighted by Crippen LogP contribution is 2.18. The van der Waals surface area contributed by atoms with Gasteiger partial charge in [0.25, 0.3) is 0 Å². The maximum absolute atomic E-state index is 13.1. The molecule has 7 heteroatoms. The number of benzene rings is 2. The number of hydrogen-bond donors (Lipinski definition) is 0. The number of piperazine rings is 1. The summed E-state index contributed by atoms with van der Waals surface area (Å²) in [5.41, 5.74) is 3.34. The van der Waals surface area contributed by atoms with E-state index in [9.17, 15) is 14.0 Å². The predicted octanol–water partition coefficient (Wildman–Crippen LogP) is 3.28. The highest BCUT2D eigenvalue weighted by atomic mass is 19.1. The molecule has 4 rings (SSSR count). The van der Waals surface area contributed by atoms with E-state index in [1.807, 2.05) is 22.8 Å². The third kappa shape index (κ3) is 4.56. The third-order valence-corrected chi connectivity index (χ3v) is 6.22. The molecule has 2 aromatic carbocycles. The molecule has 0 unspecified atom stereocenters. The second-order valence-electron chi connectivity index (χ2n) is 8.27. The quantitative estimate of drug-likeness (QED) is 0.431. The van der Waals surface area contributed by atoms with Gasteiger partial charge < -0.3 is 4.90 Å². The maximum atomic E-state index is 13.1. The molecule has 0 spiro atoms. The van der Waals surface area contributed by atoms with Gasteiger partial charge in [-0.1, -0.05) is 0 Å². The monoisotopic (exact) mass is 424 g/mol. The molecule has 0 atom stereocenters. The summed E-state index contributed by atoms with van der Waals surface area (Å²) >= 11 is 0. The van der Waals surface area contributed by atoms with Crippen LogP contribution in [0.1, 0.15) is 30.1 Å². The lowest BCUT2D eigenvalue weighted by atomic mass is 10.1. The van der Waals surface area contributed by atoms with Gasteiger partial charge in [-0.2, -0.15) is 0 Å². The normalized spacial score (nSPS) is 15.0. The van der Waals surface area contributed by atoms with E-state index in [0.717, 1.165) is 62.3 Å². The predicted molar refractivity (Wildman–Crippen MR) is 121 cm³/mol. The van der Waals surface area contributed by atoms with Crippen molar-refractivity contribution in [2.75, 3.05) is 37.6 Å². The zero-order valence-corrected chi connectivity index (χ0v) is 18.2. The fourth-order valence-corrected chi connectivity index (χ4v) is 4.33. The average Bonchev–Trinajstić information content (AvgIpc) is 3.02. The Labute approximate surface area is 181 Å². The zero-order valence-electron chi connectivity index (χ0n) is 18.2. The van der Waals surface area contributed by atoms with Gasteiger partial charge in [0, 0.05) is 51.0 Å². The number of anilines is 1. The molecule has 0 N–H and O–H groups in total. The minimum absolute atomic E-state index is 0.00150. The number of Topliss-reactive ketones (excluding diaryl/α,β-unsaturated/α-hetero) is 1. The largest absolute Gasteiger partial charge is 0.369 e. The lowest BCUT2D eigenvalue weighted by Crippen LogP contribution is -2.46. The van der Waals surface area contributed by atoms with E-state index in [0.29, 0.717) is 12.1 Å². The smallest absolute Gasteiger partial charge is 0.328 e. The molecule has 0 amide bonds. The van der Waals surface area contributed by atoms with E-state index in [1.165, 1.54) is 19.1 Å². The third-order valence-electron chi connectivity index (χ3n) is 6.22. The number of nitrogens with zero attached hydrogens (tertiary/aromatic N) is 4. The van der Waals surface area contributed by atoms with Gasteiger partial charge in [-0.25, -0.2) is 9.18 Å². The Balaban J connectivity index is 1.29. The minimum atomic E-state index is -0.202. The van der Waals surface area contributed by atoms with Gasteiger partial charge in [-0.05, 0) is 68.8 Å². The number of hydrogen-bond acceptors (Lipinski definition) is 4. The first kappa shape index (κ1) is 21.3. The number of unbranched alkanes of at least 4 members (excludes halogenated alkanes) is 1. The van der Waals surface area contributed by atoms with Crippen molar-refractivity contribution in [3.63, 3.8) is 0 Å². The van der Waals surface area contributed by atoms with Crippen molar-refractivity contribution in [1.82, 2.24) is 14.0 Å². The Bertz CT molecular complexity index is 1120. The van der Waals surface area contributed by atoms with E-state index < -0.39 is 0 Å². The average molecular weight is 425 g/mol. The van der Waals surface area contributed by atoms with Crippen LogP contribution in [-0.4, -0.2) is 52.5 Å². The molecule has 2 heterocycles. The second-order valence-corrected chi connectivity index (χ2v) is 8.27. The summed E-state index contributed by atoms with van der Waals surface area (Å²) in [5, 5.41) is 0. The van der Waals surface area contributed by atoms with E-state index in [-0.39, 0.29) is 17.3 Å². The van der Waals surface area contributed by atoms with Crippen LogP contribution in [-0.2, 0) is 13.6 Å². The van der Waals surface area contributed by atoms with Gasteiger partial charge in [0.15, 0.2) is 5.78 Å². The van der Waals surface area contributed by atoms with Crippen LogP contribution in [0.3, 0.4) is 0 Å². The zero-order chi connectivity index (χ0) is 22.0. The van der Waals surface area contributed by atoms with Crippen LogP contribution >= 0.6 is 0 Å². The molecule has 1 aromatic heterocycles. The number of carbonyl (C=O) groups excluding carboxylic acids is 1. The van der Waals surface area contributed by atoms with Gasteiger partial charge in [0.2, 0.25) is 0 Å². The molecule has 1 saturated heterocycles. The number of aromatic nitrogens is 2. The van der Waals surface area contributed by atoms with Crippen molar-refractivity contribution < 1.29 is 9.18 Å². The summed E-state index contributed by atoms with van der Waals surface area (Å²) in [5.74, 6) is -0.200. The Morgan fingerprint density at radius 1 is 0.935 bits per heavy atom. The van der Waals surface area contributed by atoms with Gasteiger partial charge in [-0.3, -0.25) is 18.8 Å². The van der Waals surface area contributed by atoms with Gasteiger partial charge in [-0.15, -0.1) is 0 Å². The lowest BCUT2D eigenvalue weighted by molar-refractivity contribution is 0.101. The summed E-state index contributed by atoms with van der Waals surface area (Å²) in [7, 11) is 1.76. The molecule has 6 nitrogen and oxygen atoms in total. The standard InChI is InChI=1S/C24H29FN4O2/c1-18(30)19-5-10-22-23(17-19)26(2)24(31)29(22)12-4-3-11-27-13-15-28(16-14-27)21-8-6-20(25)7-9-21/h5-10,17H,3-4,11-16H2,1-2H3. The van der Waals surface area contributed by atoms with E-state index in [2.05, 4.69) is 9.80 Å². The second kappa shape index (κ2) is 9.06. The number of fused-ring (bicyclic) bond motifs is 1. The summed E-state index contributed by atoms with van der Waals surface area (Å²) in [6.45, 7) is 7.06. The molecule has 1 aliphatic heterocycles. The maximum Gasteiger partial charge on any atom is 0.328 e. The number of halogens is 1. The SMILES string of the molecule is CC(=O)c1ccc2c(c1)n(C)c(=O)n2CCCCN1CCN(c2ccc(F)cc2)CC1. The summed E-state index contributed by atoms with van der Waals surface area (Å²) < 4.78 is 16.5. The van der Waals surface area contributed by atoms with Crippen molar-refractivity contribution in [3.05, 3.63) is 64.3 Å². The molecule has 1 fully saturated rings. The van der Waals surface area contributed by atoms with Crippen molar-refractivity contribution in [2.45, 2.75) is 26.3 Å². The summed E-state index contributed by atoms with van der Waals surface area (Å²) in [4.78, 5) is 29.1. The number of ketones is 1. The Kier molecular flexibility index (Phi) is 6.23. The van der Waals surface area contributed by atoms with Gasteiger partial charge >= 0.3 is 5.69 Å². The number of aryl methyl sites for hydroxylation is 2. The van der Waals surface area contributed by atoms with E-state index >= 15 is 0 Å². The molecule has 164 valence electrons. The van der Waals surface area contributed by atoms with Crippen LogP contribution in [0.4, 0.5) is 10.1 Å². The molecule has 3 aromatic rings. The Hall–Kier alpha value is -2.93. The molecule has 0 saturated carbocycles. The van der Waals surface area contributed by atoms with Crippen molar-refractivity contribution in [1.29, 1.82) is 0 Å². The van der Waals surface area contributed by atoms with Gasteiger partial charge in [0.1, 0.15) is 5.82 Å². The summed E-state index contributed by atoms with van der Waals surface area (Å²) in [6.07, 6.45) is 1.94. The number of rotatable bonds is 7. The van der Waals surface area contributed by atoms with Crippen molar-refractivity contribution in [2.24, 2.45) is 7.05 Å². The fraction of sp³-hybridized carbons (Fsp3) is 0.417. The number of imidazole rings is 1. The first-order valence-electron chi connectivity index (χ1n) is 10.9. The van der Waals surface area contributed by atoms with Crippen LogP contribution in [0, 0.1) is 5.82 Å².